The van der Waals surface area contributed by atoms with E-state index in [9.17, 15) is 9.90 Å². The predicted octanol–water partition coefficient (Wildman–Crippen LogP) is 1.75. The number of rotatable bonds is 4. The second-order valence-electron chi connectivity index (χ2n) is 4.48. The normalized spacial score (nSPS) is 12.9. The lowest BCUT2D eigenvalue weighted by Gasteiger charge is -2.09. The topological polar surface area (TPSA) is 83.8 Å². The van der Waals surface area contributed by atoms with Crippen molar-refractivity contribution >= 4 is 11.8 Å². The van der Waals surface area contributed by atoms with E-state index >= 15 is 0 Å². The van der Waals surface area contributed by atoms with Crippen molar-refractivity contribution in [3.05, 3.63) is 34.4 Å². The van der Waals surface area contributed by atoms with E-state index in [0.29, 0.717) is 10.2 Å². The highest BCUT2D eigenvalue weighted by Crippen LogP contribution is 2.26. The first-order valence-electron chi connectivity index (χ1n) is 5.98. The minimum Gasteiger partial charge on any atom is -0.389 e. The van der Waals surface area contributed by atoms with Crippen molar-refractivity contribution in [2.75, 3.05) is 0 Å². The Morgan fingerprint density at radius 3 is 2.79 bits per heavy atom. The Kier molecular flexibility index (Phi) is 4.06. The third-order valence-corrected chi connectivity index (χ3v) is 3.53. The quantitative estimate of drug-likeness (QED) is 0.891. The highest BCUT2D eigenvalue weighted by Gasteiger charge is 2.13. The number of nitrogens with zero attached hydrogens (tertiary/aromatic N) is 3. The van der Waals surface area contributed by atoms with Crippen LogP contribution in [0, 0.1) is 0 Å². The zero-order chi connectivity index (χ0) is 14.0. The fourth-order valence-corrected chi connectivity index (χ4v) is 2.63. The van der Waals surface area contributed by atoms with Gasteiger partial charge in [0.15, 0.2) is 5.16 Å². The standard InChI is InChI=1S/C12H16N4O2S/c1-7(2)16-11(18)14-15-12(16)19-10-6-9(8(3)17)4-5-13-10/h4-8,17H,1-3H3,(H,14,18)/t8-/m0/s1. The van der Waals surface area contributed by atoms with Gasteiger partial charge >= 0.3 is 5.69 Å². The van der Waals surface area contributed by atoms with Gasteiger partial charge in [-0.3, -0.25) is 4.57 Å². The van der Waals surface area contributed by atoms with Gasteiger partial charge in [0, 0.05) is 12.2 Å². The molecule has 0 unspecified atom stereocenters. The number of aliphatic hydroxyl groups is 1. The van der Waals surface area contributed by atoms with Crippen LogP contribution in [0.25, 0.3) is 0 Å². The van der Waals surface area contributed by atoms with Crippen molar-refractivity contribution in [3.63, 3.8) is 0 Å². The number of nitrogens with one attached hydrogen (secondary N) is 1. The molecule has 0 aliphatic heterocycles. The maximum Gasteiger partial charge on any atom is 0.344 e. The fourth-order valence-electron chi connectivity index (χ4n) is 1.65. The number of aromatic nitrogens is 4. The van der Waals surface area contributed by atoms with Gasteiger partial charge < -0.3 is 5.11 Å². The maximum absolute atomic E-state index is 11.6. The molecule has 0 saturated heterocycles. The van der Waals surface area contributed by atoms with E-state index in [1.165, 1.54) is 11.8 Å². The molecular formula is C12H16N4O2S. The number of pyridine rings is 1. The monoisotopic (exact) mass is 280 g/mol. The number of aromatic amines is 1. The first kappa shape index (κ1) is 13.8. The molecule has 0 aromatic carbocycles. The van der Waals surface area contributed by atoms with E-state index in [2.05, 4.69) is 15.2 Å². The zero-order valence-electron chi connectivity index (χ0n) is 11.0. The van der Waals surface area contributed by atoms with Crippen LogP contribution >= 0.6 is 11.8 Å². The average Bonchev–Trinajstić information content (AvgIpc) is 2.70. The van der Waals surface area contributed by atoms with E-state index < -0.39 is 6.10 Å². The molecule has 102 valence electrons. The lowest BCUT2D eigenvalue weighted by Crippen LogP contribution is -2.19. The van der Waals surface area contributed by atoms with Gasteiger partial charge in [0.25, 0.3) is 0 Å². The molecular weight excluding hydrogens is 264 g/mol. The summed E-state index contributed by atoms with van der Waals surface area (Å²) in [6.07, 6.45) is 1.09. The predicted molar refractivity (Wildman–Crippen MR) is 72.2 cm³/mol. The number of hydrogen-bond acceptors (Lipinski definition) is 5. The number of H-pyrrole nitrogens is 1. The molecule has 2 aromatic heterocycles. The van der Waals surface area contributed by atoms with Crippen molar-refractivity contribution in [2.45, 2.75) is 43.1 Å². The molecule has 0 aliphatic rings. The van der Waals surface area contributed by atoms with Gasteiger partial charge in [0.2, 0.25) is 0 Å². The lowest BCUT2D eigenvalue weighted by atomic mass is 10.2. The molecule has 7 heteroatoms. The Labute approximate surface area is 114 Å². The molecule has 0 amide bonds. The molecule has 6 nitrogen and oxygen atoms in total. The van der Waals surface area contributed by atoms with E-state index in [-0.39, 0.29) is 11.7 Å². The molecule has 0 fully saturated rings. The number of hydrogen-bond donors (Lipinski definition) is 2. The smallest absolute Gasteiger partial charge is 0.344 e. The third-order valence-electron chi connectivity index (χ3n) is 2.63. The summed E-state index contributed by atoms with van der Waals surface area (Å²) in [6, 6.07) is 3.57. The third kappa shape index (κ3) is 3.05. The van der Waals surface area contributed by atoms with E-state index in [1.54, 1.807) is 29.8 Å². The molecule has 0 aliphatic carbocycles. The Hall–Kier alpha value is -1.60. The van der Waals surface area contributed by atoms with Crippen molar-refractivity contribution < 1.29 is 5.11 Å². The van der Waals surface area contributed by atoms with Crippen molar-refractivity contribution in [1.29, 1.82) is 0 Å². The Morgan fingerprint density at radius 1 is 1.42 bits per heavy atom. The molecule has 1 atom stereocenters. The van der Waals surface area contributed by atoms with Crippen LogP contribution in [0.3, 0.4) is 0 Å². The molecule has 0 radical (unpaired) electrons. The summed E-state index contributed by atoms with van der Waals surface area (Å²) in [5, 5.41) is 17.2. The second-order valence-corrected chi connectivity index (χ2v) is 5.47. The average molecular weight is 280 g/mol. The summed E-state index contributed by atoms with van der Waals surface area (Å²) in [6.45, 7) is 5.53. The van der Waals surface area contributed by atoms with Crippen LogP contribution in [0.5, 0.6) is 0 Å². The molecule has 2 heterocycles. The first-order chi connectivity index (χ1) is 8.99. The van der Waals surface area contributed by atoms with Gasteiger partial charge in [0.05, 0.1) is 6.10 Å². The van der Waals surface area contributed by atoms with Crippen LogP contribution in [0.4, 0.5) is 0 Å². The van der Waals surface area contributed by atoms with Crippen LogP contribution < -0.4 is 5.69 Å². The van der Waals surface area contributed by atoms with Crippen LogP contribution in [-0.4, -0.2) is 24.9 Å². The molecule has 0 saturated carbocycles. The second kappa shape index (κ2) is 5.58. The van der Waals surface area contributed by atoms with E-state index in [4.69, 9.17) is 0 Å². The highest BCUT2D eigenvalue weighted by atomic mass is 32.2. The zero-order valence-corrected chi connectivity index (χ0v) is 11.8. The Balaban J connectivity index is 2.31. The van der Waals surface area contributed by atoms with Gasteiger partial charge in [0.1, 0.15) is 5.03 Å². The minimum absolute atomic E-state index is 0.0219. The Bertz CT molecular complexity index is 618. The molecule has 2 aromatic rings. The van der Waals surface area contributed by atoms with Crippen molar-refractivity contribution in [3.8, 4) is 0 Å². The molecule has 0 spiro atoms. The lowest BCUT2D eigenvalue weighted by molar-refractivity contribution is 0.199. The van der Waals surface area contributed by atoms with Gasteiger partial charge in [-0.05, 0) is 50.2 Å². The van der Waals surface area contributed by atoms with Crippen LogP contribution in [0.15, 0.2) is 33.3 Å². The maximum atomic E-state index is 11.6. The van der Waals surface area contributed by atoms with Crippen molar-refractivity contribution in [2.24, 2.45) is 0 Å². The fraction of sp³-hybridized carbons (Fsp3) is 0.417. The summed E-state index contributed by atoms with van der Waals surface area (Å²) in [7, 11) is 0. The van der Waals surface area contributed by atoms with Crippen LogP contribution in [-0.2, 0) is 0 Å². The summed E-state index contributed by atoms with van der Waals surface area (Å²) in [5.74, 6) is 0. The van der Waals surface area contributed by atoms with Gasteiger partial charge in [-0.1, -0.05) is 0 Å². The van der Waals surface area contributed by atoms with E-state index in [0.717, 1.165) is 5.56 Å². The minimum atomic E-state index is -0.547. The number of aliphatic hydroxyl groups excluding tert-OH is 1. The summed E-state index contributed by atoms with van der Waals surface area (Å²) >= 11 is 1.29. The summed E-state index contributed by atoms with van der Waals surface area (Å²) in [5.41, 5.74) is 0.552. The molecule has 2 N–H and O–H groups in total. The molecule has 0 bridgehead atoms. The van der Waals surface area contributed by atoms with Gasteiger partial charge in [-0.15, -0.1) is 5.10 Å². The summed E-state index contributed by atoms with van der Waals surface area (Å²) in [4.78, 5) is 15.8. The highest BCUT2D eigenvalue weighted by molar-refractivity contribution is 7.99. The molecule has 19 heavy (non-hydrogen) atoms. The SMILES string of the molecule is CC(C)n1c(Sc2cc([C@H](C)O)ccn2)n[nH]c1=O. The Morgan fingerprint density at radius 2 is 2.16 bits per heavy atom. The first-order valence-corrected chi connectivity index (χ1v) is 6.79. The molecule has 2 rings (SSSR count). The van der Waals surface area contributed by atoms with Crippen LogP contribution in [0.2, 0.25) is 0 Å². The van der Waals surface area contributed by atoms with Gasteiger partial charge in [-0.2, -0.15) is 0 Å². The van der Waals surface area contributed by atoms with Crippen LogP contribution in [0.1, 0.15) is 38.5 Å². The van der Waals surface area contributed by atoms with Crippen molar-refractivity contribution in [1.82, 2.24) is 19.7 Å². The largest absolute Gasteiger partial charge is 0.389 e. The van der Waals surface area contributed by atoms with E-state index in [1.807, 2.05) is 13.8 Å². The summed E-state index contributed by atoms with van der Waals surface area (Å²) < 4.78 is 1.57. The van der Waals surface area contributed by atoms with Gasteiger partial charge in [-0.25, -0.2) is 14.9 Å².